The highest BCUT2D eigenvalue weighted by Gasteiger charge is 2.28. The SMILES string of the molecule is COC[C@@H]1CCCN1C(=O)NCCc1nc(-c2ccccc2)cs1. The molecule has 2 aromatic rings. The van der Waals surface area contributed by atoms with Gasteiger partial charge >= 0.3 is 6.03 Å². The summed E-state index contributed by atoms with van der Waals surface area (Å²) in [6, 6.07) is 10.4. The maximum atomic E-state index is 12.3. The number of benzene rings is 1. The molecule has 0 saturated carbocycles. The van der Waals surface area contributed by atoms with E-state index in [0.717, 1.165) is 42.1 Å². The van der Waals surface area contributed by atoms with E-state index < -0.39 is 0 Å². The lowest BCUT2D eigenvalue weighted by Crippen LogP contribution is -2.44. The monoisotopic (exact) mass is 345 g/mol. The molecule has 1 aromatic carbocycles. The number of ether oxygens (including phenoxy) is 1. The van der Waals surface area contributed by atoms with E-state index in [2.05, 4.69) is 27.8 Å². The van der Waals surface area contributed by atoms with Crippen LogP contribution < -0.4 is 5.32 Å². The lowest BCUT2D eigenvalue weighted by atomic mass is 10.2. The van der Waals surface area contributed by atoms with E-state index in [1.807, 2.05) is 23.1 Å². The number of likely N-dealkylation sites (tertiary alicyclic amines) is 1. The van der Waals surface area contributed by atoms with E-state index in [1.54, 1.807) is 18.4 Å². The molecule has 6 heteroatoms. The highest BCUT2D eigenvalue weighted by molar-refractivity contribution is 7.09. The summed E-state index contributed by atoms with van der Waals surface area (Å²) in [5.41, 5.74) is 2.13. The smallest absolute Gasteiger partial charge is 0.317 e. The molecule has 1 aliphatic heterocycles. The first-order valence-electron chi connectivity index (χ1n) is 8.31. The van der Waals surface area contributed by atoms with Crippen molar-refractivity contribution >= 4 is 17.4 Å². The van der Waals surface area contributed by atoms with Crippen LogP contribution in [0.1, 0.15) is 17.8 Å². The number of nitrogens with zero attached hydrogens (tertiary/aromatic N) is 2. The third kappa shape index (κ3) is 4.13. The van der Waals surface area contributed by atoms with Crippen LogP contribution in [0.4, 0.5) is 4.79 Å². The van der Waals surface area contributed by atoms with Gasteiger partial charge < -0.3 is 15.0 Å². The van der Waals surface area contributed by atoms with Crippen molar-refractivity contribution in [2.75, 3.05) is 26.8 Å². The minimum atomic E-state index is 0.00869. The van der Waals surface area contributed by atoms with Gasteiger partial charge in [0.05, 0.1) is 23.4 Å². The van der Waals surface area contributed by atoms with Gasteiger partial charge in [-0.2, -0.15) is 0 Å². The van der Waals surface area contributed by atoms with Gasteiger partial charge in [0.25, 0.3) is 0 Å². The van der Waals surface area contributed by atoms with Gasteiger partial charge in [-0.3, -0.25) is 0 Å². The fraction of sp³-hybridized carbons (Fsp3) is 0.444. The van der Waals surface area contributed by atoms with E-state index in [1.165, 1.54) is 0 Å². The number of aromatic nitrogens is 1. The molecule has 128 valence electrons. The number of urea groups is 1. The predicted molar refractivity (Wildman–Crippen MR) is 96.3 cm³/mol. The lowest BCUT2D eigenvalue weighted by molar-refractivity contribution is 0.123. The van der Waals surface area contributed by atoms with Crippen molar-refractivity contribution in [1.82, 2.24) is 15.2 Å². The van der Waals surface area contributed by atoms with Crippen LogP contribution in [0.5, 0.6) is 0 Å². The summed E-state index contributed by atoms with van der Waals surface area (Å²) in [7, 11) is 1.68. The predicted octanol–water partition coefficient (Wildman–Crippen LogP) is 3.17. The molecule has 1 aromatic heterocycles. The number of hydrogen-bond acceptors (Lipinski definition) is 4. The van der Waals surface area contributed by atoms with Crippen LogP contribution in [0.2, 0.25) is 0 Å². The van der Waals surface area contributed by atoms with Gasteiger partial charge in [0.1, 0.15) is 0 Å². The normalized spacial score (nSPS) is 17.2. The third-order valence-electron chi connectivity index (χ3n) is 4.23. The summed E-state index contributed by atoms with van der Waals surface area (Å²) >= 11 is 1.64. The average Bonchev–Trinajstić information content (AvgIpc) is 3.25. The Morgan fingerprint density at radius 2 is 2.25 bits per heavy atom. The molecule has 0 radical (unpaired) electrons. The first-order valence-corrected chi connectivity index (χ1v) is 9.19. The zero-order chi connectivity index (χ0) is 16.8. The summed E-state index contributed by atoms with van der Waals surface area (Å²) in [6.07, 6.45) is 2.83. The van der Waals surface area contributed by atoms with Crippen molar-refractivity contribution in [3.63, 3.8) is 0 Å². The molecule has 1 N–H and O–H groups in total. The molecule has 3 rings (SSSR count). The second-order valence-electron chi connectivity index (χ2n) is 5.92. The van der Waals surface area contributed by atoms with E-state index >= 15 is 0 Å². The highest BCUT2D eigenvalue weighted by atomic mass is 32.1. The Labute approximate surface area is 146 Å². The van der Waals surface area contributed by atoms with Crippen molar-refractivity contribution in [2.45, 2.75) is 25.3 Å². The molecule has 5 nitrogen and oxygen atoms in total. The number of nitrogens with one attached hydrogen (secondary N) is 1. The standard InChI is InChI=1S/C18H23N3O2S/c1-23-12-15-8-5-11-21(15)18(22)19-10-9-17-20-16(13-24-17)14-6-3-2-4-7-14/h2-4,6-7,13,15H,5,8-12H2,1H3,(H,19,22)/t15-/m0/s1. The van der Waals surface area contributed by atoms with Crippen molar-refractivity contribution in [2.24, 2.45) is 0 Å². The average molecular weight is 345 g/mol. The number of amides is 2. The fourth-order valence-corrected chi connectivity index (χ4v) is 3.82. The Morgan fingerprint density at radius 3 is 3.04 bits per heavy atom. The largest absolute Gasteiger partial charge is 0.383 e. The molecule has 0 unspecified atom stereocenters. The van der Waals surface area contributed by atoms with Gasteiger partial charge in [-0.1, -0.05) is 30.3 Å². The summed E-state index contributed by atoms with van der Waals surface area (Å²) in [4.78, 5) is 18.8. The minimum absolute atomic E-state index is 0.00869. The van der Waals surface area contributed by atoms with Crippen LogP contribution >= 0.6 is 11.3 Å². The Kier molecular flexibility index (Phi) is 5.82. The molecule has 0 aliphatic carbocycles. The van der Waals surface area contributed by atoms with Crippen molar-refractivity contribution in [1.29, 1.82) is 0 Å². The van der Waals surface area contributed by atoms with Gasteiger partial charge in [-0.25, -0.2) is 9.78 Å². The number of hydrogen-bond donors (Lipinski definition) is 1. The van der Waals surface area contributed by atoms with Crippen LogP contribution in [0.3, 0.4) is 0 Å². The molecule has 1 fully saturated rings. The second-order valence-corrected chi connectivity index (χ2v) is 6.86. The van der Waals surface area contributed by atoms with Gasteiger partial charge in [-0.05, 0) is 12.8 Å². The van der Waals surface area contributed by atoms with Gasteiger partial charge in [-0.15, -0.1) is 11.3 Å². The minimum Gasteiger partial charge on any atom is -0.383 e. The molecule has 1 saturated heterocycles. The quantitative estimate of drug-likeness (QED) is 0.875. The van der Waals surface area contributed by atoms with Crippen molar-refractivity contribution in [3.8, 4) is 11.3 Å². The number of thiazole rings is 1. The lowest BCUT2D eigenvalue weighted by Gasteiger charge is -2.24. The Morgan fingerprint density at radius 1 is 1.42 bits per heavy atom. The van der Waals surface area contributed by atoms with Crippen LogP contribution in [-0.4, -0.2) is 48.8 Å². The molecule has 2 amide bonds. The zero-order valence-electron chi connectivity index (χ0n) is 13.9. The summed E-state index contributed by atoms with van der Waals surface area (Å²) in [5, 5.41) is 6.13. The van der Waals surface area contributed by atoms with E-state index in [-0.39, 0.29) is 12.1 Å². The van der Waals surface area contributed by atoms with Gasteiger partial charge in [0.15, 0.2) is 0 Å². The van der Waals surface area contributed by atoms with Gasteiger partial charge in [0.2, 0.25) is 0 Å². The first-order chi connectivity index (χ1) is 11.8. The van der Waals surface area contributed by atoms with Crippen molar-refractivity contribution in [3.05, 3.63) is 40.7 Å². The maximum Gasteiger partial charge on any atom is 0.317 e. The second kappa shape index (κ2) is 8.26. The van der Waals surface area contributed by atoms with Crippen LogP contribution in [0.25, 0.3) is 11.3 Å². The van der Waals surface area contributed by atoms with Gasteiger partial charge in [0, 0.05) is 37.6 Å². The number of methoxy groups -OCH3 is 1. The maximum absolute atomic E-state index is 12.3. The Hall–Kier alpha value is -1.92. The summed E-state index contributed by atoms with van der Waals surface area (Å²) in [5.74, 6) is 0. The highest BCUT2D eigenvalue weighted by Crippen LogP contribution is 2.21. The fourth-order valence-electron chi connectivity index (χ4n) is 3.01. The van der Waals surface area contributed by atoms with Crippen LogP contribution in [-0.2, 0) is 11.2 Å². The molecular weight excluding hydrogens is 322 g/mol. The first kappa shape index (κ1) is 16.9. The zero-order valence-corrected chi connectivity index (χ0v) is 14.7. The summed E-state index contributed by atoms with van der Waals surface area (Å²) < 4.78 is 5.19. The molecule has 0 bridgehead atoms. The number of rotatable bonds is 6. The van der Waals surface area contributed by atoms with Crippen LogP contribution in [0.15, 0.2) is 35.7 Å². The number of carbonyl (C=O) groups is 1. The number of carbonyl (C=O) groups excluding carboxylic acids is 1. The van der Waals surface area contributed by atoms with E-state index in [9.17, 15) is 4.79 Å². The molecule has 24 heavy (non-hydrogen) atoms. The summed E-state index contributed by atoms with van der Waals surface area (Å²) in [6.45, 7) is 2.03. The molecule has 2 heterocycles. The molecule has 1 aliphatic rings. The van der Waals surface area contributed by atoms with Crippen molar-refractivity contribution < 1.29 is 9.53 Å². The Balaban J connectivity index is 1.48. The van der Waals surface area contributed by atoms with Crippen LogP contribution in [0, 0.1) is 0 Å². The molecular formula is C18H23N3O2S. The Bertz CT molecular complexity index is 659. The molecule has 1 atom stereocenters. The van der Waals surface area contributed by atoms with E-state index in [4.69, 9.17) is 4.74 Å². The topological polar surface area (TPSA) is 54.5 Å². The van der Waals surface area contributed by atoms with E-state index in [0.29, 0.717) is 13.2 Å². The molecule has 0 spiro atoms. The third-order valence-corrected chi connectivity index (χ3v) is 5.14.